The van der Waals surface area contributed by atoms with Crippen LogP contribution in [0.5, 0.6) is 5.75 Å². The van der Waals surface area contributed by atoms with Crippen molar-refractivity contribution < 1.29 is 9.53 Å². The van der Waals surface area contributed by atoms with E-state index < -0.39 is 0 Å². The second-order valence-corrected chi connectivity index (χ2v) is 6.69. The molecule has 21 heavy (non-hydrogen) atoms. The number of amides is 1. The molecular weight excluding hydrogens is 397 g/mol. The number of rotatable bonds is 5. The molecular formula is C16H16INO2S. The summed E-state index contributed by atoms with van der Waals surface area (Å²) in [6.07, 6.45) is 0. The highest BCUT2D eigenvalue weighted by atomic mass is 127. The Morgan fingerprint density at radius 2 is 1.95 bits per heavy atom. The van der Waals surface area contributed by atoms with Gasteiger partial charge in [0.05, 0.1) is 12.9 Å². The van der Waals surface area contributed by atoms with E-state index in [0.29, 0.717) is 5.75 Å². The smallest absolute Gasteiger partial charge is 0.234 e. The maximum Gasteiger partial charge on any atom is 0.234 e. The summed E-state index contributed by atoms with van der Waals surface area (Å²) in [5.41, 5.74) is 2.05. The molecule has 1 N–H and O–H groups in total. The van der Waals surface area contributed by atoms with E-state index in [-0.39, 0.29) is 5.91 Å². The van der Waals surface area contributed by atoms with Crippen molar-refractivity contribution in [3.05, 3.63) is 51.6 Å². The van der Waals surface area contributed by atoms with Crippen LogP contribution in [0.1, 0.15) is 5.56 Å². The number of carbonyl (C=O) groups excluding carboxylic acids is 1. The van der Waals surface area contributed by atoms with Gasteiger partial charge in [0, 0.05) is 14.2 Å². The van der Waals surface area contributed by atoms with E-state index in [1.54, 1.807) is 7.11 Å². The van der Waals surface area contributed by atoms with Gasteiger partial charge in [-0.1, -0.05) is 6.07 Å². The normalized spacial score (nSPS) is 10.2. The summed E-state index contributed by atoms with van der Waals surface area (Å²) in [6.45, 7) is 2.05. The molecule has 0 spiro atoms. The van der Waals surface area contributed by atoms with Crippen LogP contribution < -0.4 is 10.1 Å². The molecule has 0 aromatic heterocycles. The second kappa shape index (κ2) is 7.70. The van der Waals surface area contributed by atoms with Crippen LogP contribution in [0.4, 0.5) is 5.69 Å². The molecule has 110 valence electrons. The molecule has 5 heteroatoms. The minimum absolute atomic E-state index is 0.00419. The topological polar surface area (TPSA) is 38.3 Å². The molecule has 0 heterocycles. The second-order valence-electron chi connectivity index (χ2n) is 4.48. The van der Waals surface area contributed by atoms with Crippen LogP contribution >= 0.6 is 34.4 Å². The molecule has 0 saturated carbocycles. The van der Waals surface area contributed by atoms with Crippen molar-refractivity contribution in [2.75, 3.05) is 18.2 Å². The number of hydrogen-bond donors (Lipinski definition) is 1. The van der Waals surface area contributed by atoms with E-state index in [1.807, 2.05) is 49.4 Å². The molecule has 0 aliphatic heterocycles. The third-order valence-corrected chi connectivity index (χ3v) is 5.06. The van der Waals surface area contributed by atoms with E-state index >= 15 is 0 Å². The number of halogens is 1. The van der Waals surface area contributed by atoms with Gasteiger partial charge in [-0.15, -0.1) is 11.8 Å². The lowest BCUT2D eigenvalue weighted by Crippen LogP contribution is -2.14. The van der Waals surface area contributed by atoms with Crippen LogP contribution in [0.25, 0.3) is 0 Å². The molecule has 0 atom stereocenters. The molecule has 0 aliphatic rings. The zero-order valence-corrected chi connectivity index (χ0v) is 14.8. The van der Waals surface area contributed by atoms with Crippen molar-refractivity contribution in [1.29, 1.82) is 0 Å². The molecule has 2 aromatic rings. The average Bonchev–Trinajstić information content (AvgIpc) is 2.49. The zero-order valence-electron chi connectivity index (χ0n) is 11.9. The molecule has 3 nitrogen and oxygen atoms in total. The summed E-state index contributed by atoms with van der Waals surface area (Å²) in [5.74, 6) is 1.20. The monoisotopic (exact) mass is 413 g/mol. The fourth-order valence-electron chi connectivity index (χ4n) is 1.69. The highest BCUT2D eigenvalue weighted by Gasteiger charge is 2.05. The first kappa shape index (κ1) is 16.2. The molecule has 1 amide bonds. The summed E-state index contributed by atoms with van der Waals surface area (Å²) >= 11 is 3.77. The maximum atomic E-state index is 11.9. The van der Waals surface area contributed by atoms with Gasteiger partial charge in [-0.3, -0.25) is 4.79 Å². The van der Waals surface area contributed by atoms with Crippen molar-refractivity contribution in [3.63, 3.8) is 0 Å². The number of hydrogen-bond acceptors (Lipinski definition) is 3. The van der Waals surface area contributed by atoms with Gasteiger partial charge in [0.15, 0.2) is 0 Å². The number of methoxy groups -OCH3 is 1. The minimum atomic E-state index is -0.00419. The lowest BCUT2D eigenvalue weighted by Gasteiger charge is -2.07. The standard InChI is InChI=1S/C16H16INO2S/c1-11-3-4-12(9-15(11)17)18-16(19)10-21-14-7-5-13(20-2)6-8-14/h3-9H,10H2,1-2H3,(H,18,19). The Hall–Kier alpha value is -1.21. The predicted molar refractivity (Wildman–Crippen MR) is 96.2 cm³/mol. The van der Waals surface area contributed by atoms with E-state index in [1.165, 1.54) is 17.3 Å². The van der Waals surface area contributed by atoms with Gasteiger partial charge in [0.25, 0.3) is 0 Å². The van der Waals surface area contributed by atoms with Crippen LogP contribution in [0.2, 0.25) is 0 Å². The quantitative estimate of drug-likeness (QED) is 0.586. The van der Waals surface area contributed by atoms with Crippen LogP contribution in [-0.4, -0.2) is 18.8 Å². The minimum Gasteiger partial charge on any atom is -0.497 e. The van der Waals surface area contributed by atoms with E-state index in [2.05, 4.69) is 27.9 Å². The number of thioether (sulfide) groups is 1. The lowest BCUT2D eigenvalue weighted by molar-refractivity contribution is -0.113. The first-order chi connectivity index (χ1) is 10.1. The molecule has 2 rings (SSSR count). The number of carbonyl (C=O) groups is 1. The van der Waals surface area contributed by atoms with Gasteiger partial charge in [0.2, 0.25) is 5.91 Å². The van der Waals surface area contributed by atoms with Gasteiger partial charge >= 0.3 is 0 Å². The Bertz CT molecular complexity index is 629. The molecule has 0 fully saturated rings. The Labute approximate surface area is 142 Å². The van der Waals surface area contributed by atoms with Gasteiger partial charge in [-0.25, -0.2) is 0 Å². The Morgan fingerprint density at radius 3 is 2.57 bits per heavy atom. The molecule has 0 unspecified atom stereocenters. The van der Waals surface area contributed by atoms with Crippen LogP contribution in [-0.2, 0) is 4.79 Å². The molecule has 0 aliphatic carbocycles. The van der Waals surface area contributed by atoms with Crippen molar-refractivity contribution in [2.24, 2.45) is 0 Å². The summed E-state index contributed by atoms with van der Waals surface area (Å²) < 4.78 is 6.25. The first-order valence-electron chi connectivity index (χ1n) is 6.41. The zero-order chi connectivity index (χ0) is 15.2. The summed E-state index contributed by atoms with van der Waals surface area (Å²) in [7, 11) is 1.64. The third-order valence-electron chi connectivity index (χ3n) is 2.88. The Kier molecular flexibility index (Phi) is 5.93. The Morgan fingerprint density at radius 1 is 1.24 bits per heavy atom. The molecule has 0 radical (unpaired) electrons. The van der Waals surface area contributed by atoms with Crippen molar-refractivity contribution >= 4 is 45.9 Å². The summed E-state index contributed by atoms with van der Waals surface area (Å²) in [6, 6.07) is 13.6. The van der Waals surface area contributed by atoms with Gasteiger partial charge in [-0.05, 0) is 71.5 Å². The predicted octanol–water partition coefficient (Wildman–Crippen LogP) is 4.34. The first-order valence-corrected chi connectivity index (χ1v) is 8.48. The van der Waals surface area contributed by atoms with Crippen LogP contribution in [0, 0.1) is 10.5 Å². The molecule has 2 aromatic carbocycles. The SMILES string of the molecule is COc1ccc(SCC(=O)Nc2ccc(C)c(I)c2)cc1. The number of aryl methyl sites for hydroxylation is 1. The number of ether oxygens (including phenoxy) is 1. The van der Waals surface area contributed by atoms with Crippen LogP contribution in [0.15, 0.2) is 47.4 Å². The maximum absolute atomic E-state index is 11.9. The average molecular weight is 413 g/mol. The van der Waals surface area contributed by atoms with E-state index in [9.17, 15) is 4.79 Å². The van der Waals surface area contributed by atoms with E-state index in [0.717, 1.165) is 19.9 Å². The lowest BCUT2D eigenvalue weighted by atomic mass is 10.2. The Balaban J connectivity index is 1.87. The molecule has 0 saturated heterocycles. The summed E-state index contributed by atoms with van der Waals surface area (Å²) in [4.78, 5) is 13.0. The van der Waals surface area contributed by atoms with E-state index in [4.69, 9.17) is 4.74 Å². The fraction of sp³-hybridized carbons (Fsp3) is 0.188. The van der Waals surface area contributed by atoms with Gasteiger partial charge in [-0.2, -0.15) is 0 Å². The largest absolute Gasteiger partial charge is 0.497 e. The number of nitrogens with one attached hydrogen (secondary N) is 1. The number of benzene rings is 2. The highest BCUT2D eigenvalue weighted by Crippen LogP contribution is 2.22. The van der Waals surface area contributed by atoms with Crippen LogP contribution in [0.3, 0.4) is 0 Å². The van der Waals surface area contributed by atoms with Crippen molar-refractivity contribution in [1.82, 2.24) is 0 Å². The van der Waals surface area contributed by atoms with Gasteiger partial charge in [0.1, 0.15) is 5.75 Å². The summed E-state index contributed by atoms with van der Waals surface area (Å²) in [5, 5.41) is 2.91. The van der Waals surface area contributed by atoms with Gasteiger partial charge < -0.3 is 10.1 Å². The van der Waals surface area contributed by atoms with Crippen molar-refractivity contribution in [2.45, 2.75) is 11.8 Å². The number of anilines is 1. The third kappa shape index (κ3) is 4.93. The highest BCUT2D eigenvalue weighted by molar-refractivity contribution is 14.1. The molecule has 0 bridgehead atoms. The fourth-order valence-corrected chi connectivity index (χ4v) is 2.90. The van der Waals surface area contributed by atoms with Crippen molar-refractivity contribution in [3.8, 4) is 5.75 Å².